The van der Waals surface area contributed by atoms with Crippen LogP contribution in [-0.2, 0) is 0 Å². The van der Waals surface area contributed by atoms with Gasteiger partial charge in [-0.25, -0.2) is 9.37 Å². The number of phenolic OH excluding ortho intramolecular Hbond substituents is 1. The fraction of sp³-hybridized carbons (Fsp3) is 0.190. The molecule has 0 fully saturated rings. The SMILES string of the molecule is Cc1ccc(O)c(-c2cc(-c3cccc(F)c3)cc(NC(C)C)n2)c1. The van der Waals surface area contributed by atoms with E-state index in [9.17, 15) is 9.50 Å². The van der Waals surface area contributed by atoms with Gasteiger partial charge in [-0.1, -0.05) is 23.8 Å². The fourth-order valence-corrected chi connectivity index (χ4v) is 2.73. The van der Waals surface area contributed by atoms with Gasteiger partial charge in [0.1, 0.15) is 17.4 Å². The maximum atomic E-state index is 13.6. The van der Waals surface area contributed by atoms with E-state index >= 15 is 0 Å². The van der Waals surface area contributed by atoms with Crippen molar-refractivity contribution < 1.29 is 9.50 Å². The maximum absolute atomic E-state index is 13.6. The van der Waals surface area contributed by atoms with Gasteiger partial charge in [-0.2, -0.15) is 0 Å². The minimum absolute atomic E-state index is 0.171. The molecule has 2 N–H and O–H groups in total. The molecule has 3 rings (SSSR count). The summed E-state index contributed by atoms with van der Waals surface area (Å²) in [7, 11) is 0. The first-order valence-electron chi connectivity index (χ1n) is 8.27. The van der Waals surface area contributed by atoms with Crippen LogP contribution in [0.2, 0.25) is 0 Å². The van der Waals surface area contributed by atoms with Gasteiger partial charge in [0.2, 0.25) is 0 Å². The second kappa shape index (κ2) is 6.93. The Labute approximate surface area is 147 Å². The van der Waals surface area contributed by atoms with Gasteiger partial charge < -0.3 is 10.4 Å². The topological polar surface area (TPSA) is 45.1 Å². The number of pyridine rings is 1. The van der Waals surface area contributed by atoms with Crippen molar-refractivity contribution in [1.82, 2.24) is 4.98 Å². The van der Waals surface area contributed by atoms with Gasteiger partial charge >= 0.3 is 0 Å². The number of phenols is 1. The lowest BCUT2D eigenvalue weighted by atomic mass is 10.0. The van der Waals surface area contributed by atoms with Crippen molar-refractivity contribution in [2.24, 2.45) is 0 Å². The number of nitrogens with one attached hydrogen (secondary N) is 1. The monoisotopic (exact) mass is 336 g/mol. The molecule has 0 aliphatic carbocycles. The lowest BCUT2D eigenvalue weighted by Gasteiger charge is -2.14. The molecule has 2 aromatic carbocycles. The molecule has 0 bridgehead atoms. The first-order valence-corrected chi connectivity index (χ1v) is 8.27. The predicted molar refractivity (Wildman–Crippen MR) is 100 cm³/mol. The minimum atomic E-state index is -0.285. The molecule has 1 heterocycles. The van der Waals surface area contributed by atoms with Crippen LogP contribution in [0, 0.1) is 12.7 Å². The van der Waals surface area contributed by atoms with Crippen LogP contribution >= 0.6 is 0 Å². The Morgan fingerprint density at radius 2 is 1.80 bits per heavy atom. The second-order valence-electron chi connectivity index (χ2n) is 6.46. The Bertz CT molecular complexity index is 906. The van der Waals surface area contributed by atoms with Crippen molar-refractivity contribution in [3.63, 3.8) is 0 Å². The first-order chi connectivity index (χ1) is 11.9. The van der Waals surface area contributed by atoms with Crippen LogP contribution in [0.25, 0.3) is 22.4 Å². The number of anilines is 1. The van der Waals surface area contributed by atoms with E-state index in [0.29, 0.717) is 17.1 Å². The highest BCUT2D eigenvalue weighted by Gasteiger charge is 2.11. The summed E-state index contributed by atoms with van der Waals surface area (Å²) < 4.78 is 13.6. The summed E-state index contributed by atoms with van der Waals surface area (Å²) in [6, 6.07) is 15.8. The number of halogens is 1. The number of nitrogens with zero attached hydrogens (tertiary/aromatic N) is 1. The van der Waals surface area contributed by atoms with Gasteiger partial charge in [-0.3, -0.25) is 0 Å². The second-order valence-corrected chi connectivity index (χ2v) is 6.46. The van der Waals surface area contributed by atoms with Crippen molar-refractivity contribution in [3.05, 3.63) is 66.0 Å². The molecule has 0 atom stereocenters. The van der Waals surface area contributed by atoms with E-state index < -0.39 is 0 Å². The molecule has 0 saturated carbocycles. The van der Waals surface area contributed by atoms with E-state index in [1.807, 2.05) is 51.1 Å². The van der Waals surface area contributed by atoms with Crippen LogP contribution in [0.3, 0.4) is 0 Å². The largest absolute Gasteiger partial charge is 0.507 e. The van der Waals surface area contributed by atoms with E-state index in [-0.39, 0.29) is 17.6 Å². The molecule has 25 heavy (non-hydrogen) atoms. The number of benzene rings is 2. The molecule has 0 radical (unpaired) electrons. The predicted octanol–water partition coefficient (Wildman–Crippen LogP) is 5.39. The standard InChI is InChI=1S/C21H21FN2O/c1-13(2)23-21-12-16(15-5-4-6-17(22)10-15)11-19(24-21)18-9-14(3)7-8-20(18)25/h4-13,25H,1-3H3,(H,23,24). The van der Waals surface area contributed by atoms with Crippen LogP contribution < -0.4 is 5.32 Å². The van der Waals surface area contributed by atoms with Gasteiger partial charge in [0.25, 0.3) is 0 Å². The Kier molecular flexibility index (Phi) is 4.70. The number of aromatic hydroxyl groups is 1. The van der Waals surface area contributed by atoms with Gasteiger partial charge in [0, 0.05) is 11.6 Å². The van der Waals surface area contributed by atoms with Gasteiger partial charge in [-0.05, 0) is 68.3 Å². The first kappa shape index (κ1) is 17.0. The summed E-state index contributed by atoms with van der Waals surface area (Å²) in [5.41, 5.74) is 3.94. The van der Waals surface area contributed by atoms with Crippen LogP contribution in [0.15, 0.2) is 54.6 Å². The third-order valence-corrected chi connectivity index (χ3v) is 3.85. The van der Waals surface area contributed by atoms with Crippen molar-refractivity contribution in [1.29, 1.82) is 0 Å². The third kappa shape index (κ3) is 3.97. The van der Waals surface area contributed by atoms with E-state index in [2.05, 4.69) is 10.3 Å². The summed E-state index contributed by atoms with van der Waals surface area (Å²) >= 11 is 0. The lowest BCUT2D eigenvalue weighted by molar-refractivity contribution is 0.477. The third-order valence-electron chi connectivity index (χ3n) is 3.85. The van der Waals surface area contributed by atoms with Crippen LogP contribution in [-0.4, -0.2) is 16.1 Å². The van der Waals surface area contributed by atoms with Crippen LogP contribution in [0.5, 0.6) is 5.75 Å². The molecule has 0 spiro atoms. The molecule has 0 aliphatic rings. The molecule has 3 nitrogen and oxygen atoms in total. The normalized spacial score (nSPS) is 10.9. The molecule has 0 saturated heterocycles. The highest BCUT2D eigenvalue weighted by Crippen LogP contribution is 2.33. The Morgan fingerprint density at radius 1 is 1.00 bits per heavy atom. The Balaban J connectivity index is 2.18. The molecule has 0 unspecified atom stereocenters. The van der Waals surface area contributed by atoms with Gasteiger partial charge in [0.15, 0.2) is 0 Å². The van der Waals surface area contributed by atoms with Crippen molar-refractivity contribution in [2.45, 2.75) is 26.8 Å². The van der Waals surface area contributed by atoms with Crippen molar-refractivity contribution in [2.75, 3.05) is 5.32 Å². The Morgan fingerprint density at radius 3 is 2.52 bits per heavy atom. The number of hydrogen-bond acceptors (Lipinski definition) is 3. The molecule has 128 valence electrons. The van der Waals surface area contributed by atoms with E-state index in [1.54, 1.807) is 12.1 Å². The molecular formula is C21H21FN2O. The Hall–Kier alpha value is -2.88. The summed E-state index contributed by atoms with van der Waals surface area (Å²) in [6.07, 6.45) is 0. The molecule has 1 aromatic heterocycles. The maximum Gasteiger partial charge on any atom is 0.127 e. The van der Waals surface area contributed by atoms with E-state index in [1.165, 1.54) is 12.1 Å². The van der Waals surface area contributed by atoms with Crippen LogP contribution in [0.1, 0.15) is 19.4 Å². The van der Waals surface area contributed by atoms with Gasteiger partial charge in [-0.15, -0.1) is 0 Å². The summed E-state index contributed by atoms with van der Waals surface area (Å²) in [5.74, 6) is 0.574. The lowest BCUT2D eigenvalue weighted by Crippen LogP contribution is -2.11. The van der Waals surface area contributed by atoms with Gasteiger partial charge in [0.05, 0.1) is 5.69 Å². The number of aromatic nitrogens is 1. The molecular weight excluding hydrogens is 315 g/mol. The number of rotatable bonds is 4. The zero-order valence-electron chi connectivity index (χ0n) is 14.5. The zero-order valence-corrected chi connectivity index (χ0v) is 14.5. The van der Waals surface area contributed by atoms with Crippen molar-refractivity contribution in [3.8, 4) is 28.1 Å². The van der Waals surface area contributed by atoms with E-state index in [4.69, 9.17) is 0 Å². The highest BCUT2D eigenvalue weighted by atomic mass is 19.1. The zero-order chi connectivity index (χ0) is 18.0. The summed E-state index contributed by atoms with van der Waals surface area (Å²) in [4.78, 5) is 4.63. The highest BCUT2D eigenvalue weighted by molar-refractivity contribution is 5.76. The molecule has 0 aliphatic heterocycles. The number of aryl methyl sites for hydroxylation is 1. The minimum Gasteiger partial charge on any atom is -0.507 e. The average molecular weight is 336 g/mol. The van der Waals surface area contributed by atoms with E-state index in [0.717, 1.165) is 16.7 Å². The quantitative estimate of drug-likeness (QED) is 0.671. The molecule has 4 heteroatoms. The summed E-state index contributed by atoms with van der Waals surface area (Å²) in [6.45, 7) is 6.02. The smallest absolute Gasteiger partial charge is 0.127 e. The van der Waals surface area contributed by atoms with Crippen molar-refractivity contribution >= 4 is 5.82 Å². The summed E-state index contributed by atoms with van der Waals surface area (Å²) in [5, 5.41) is 13.5. The fourth-order valence-electron chi connectivity index (χ4n) is 2.73. The van der Waals surface area contributed by atoms with Crippen LogP contribution in [0.4, 0.5) is 10.2 Å². The number of hydrogen-bond donors (Lipinski definition) is 2. The molecule has 0 amide bonds. The average Bonchev–Trinajstić information content (AvgIpc) is 2.56. The molecule has 3 aromatic rings.